The summed E-state index contributed by atoms with van der Waals surface area (Å²) in [5, 5.41) is 8.49. The summed E-state index contributed by atoms with van der Waals surface area (Å²) >= 11 is 6.37. The number of nitrogens with two attached hydrogens (primary N) is 1. The number of nitrogens with one attached hydrogen (secondary N) is 1. The molecule has 2 aromatic heterocycles. The van der Waals surface area contributed by atoms with Gasteiger partial charge in [0.15, 0.2) is 5.52 Å². The molecule has 3 heterocycles. The molecule has 0 bridgehead atoms. The number of nitrogens with zero attached hydrogens (tertiary/aromatic N) is 3. The minimum atomic E-state index is -3.83. The van der Waals surface area contributed by atoms with Gasteiger partial charge in [0, 0.05) is 30.2 Å². The smallest absolute Gasteiger partial charge is 0.244 e. The number of fused-ring (bicyclic) bond motifs is 2. The summed E-state index contributed by atoms with van der Waals surface area (Å²) in [4.78, 5) is 15.2. The van der Waals surface area contributed by atoms with Crippen LogP contribution in [0, 0.1) is 0 Å². The third-order valence-electron chi connectivity index (χ3n) is 7.22. The van der Waals surface area contributed by atoms with Crippen molar-refractivity contribution in [3.8, 4) is 11.1 Å². The van der Waals surface area contributed by atoms with Crippen molar-refractivity contribution in [2.75, 3.05) is 13.1 Å². The zero-order chi connectivity index (χ0) is 26.4. The molecule has 9 nitrogen and oxygen atoms in total. The van der Waals surface area contributed by atoms with Gasteiger partial charge in [0.1, 0.15) is 10.4 Å². The van der Waals surface area contributed by atoms with Gasteiger partial charge >= 0.3 is 0 Å². The van der Waals surface area contributed by atoms with E-state index in [4.69, 9.17) is 22.0 Å². The first-order chi connectivity index (χ1) is 18.3. The van der Waals surface area contributed by atoms with Crippen molar-refractivity contribution in [3.05, 3.63) is 76.9 Å². The van der Waals surface area contributed by atoms with Crippen molar-refractivity contribution in [2.45, 2.75) is 30.1 Å². The summed E-state index contributed by atoms with van der Waals surface area (Å²) in [6, 6.07) is 17.1. The van der Waals surface area contributed by atoms with Crippen molar-refractivity contribution in [1.82, 2.24) is 19.6 Å². The average molecular weight is 550 g/mol. The Morgan fingerprint density at radius 2 is 1.84 bits per heavy atom. The van der Waals surface area contributed by atoms with Gasteiger partial charge in [0.2, 0.25) is 15.9 Å². The Balaban J connectivity index is 1.30. The second-order valence-electron chi connectivity index (χ2n) is 9.50. The number of sulfonamides is 1. The fourth-order valence-corrected chi connectivity index (χ4v) is 7.36. The molecule has 3 N–H and O–H groups in total. The summed E-state index contributed by atoms with van der Waals surface area (Å²) in [7, 11) is -3.83. The van der Waals surface area contributed by atoms with E-state index in [0.29, 0.717) is 31.4 Å². The molecule has 0 unspecified atom stereocenters. The lowest BCUT2D eigenvalue weighted by Gasteiger charge is -2.31. The lowest BCUT2D eigenvalue weighted by atomic mass is 9.88. The van der Waals surface area contributed by atoms with E-state index in [2.05, 4.69) is 21.4 Å². The first-order valence-electron chi connectivity index (χ1n) is 12.2. The number of piperidine rings is 1. The Bertz CT molecular complexity index is 1770. The van der Waals surface area contributed by atoms with E-state index in [1.165, 1.54) is 16.4 Å². The molecule has 1 aliphatic rings. The molecule has 38 heavy (non-hydrogen) atoms. The van der Waals surface area contributed by atoms with Crippen molar-refractivity contribution in [1.29, 1.82) is 0 Å². The number of benzene rings is 3. The van der Waals surface area contributed by atoms with Crippen LogP contribution in [0.3, 0.4) is 0 Å². The highest BCUT2D eigenvalue weighted by molar-refractivity contribution is 7.89. The van der Waals surface area contributed by atoms with Gasteiger partial charge in [0.05, 0.1) is 11.4 Å². The van der Waals surface area contributed by atoms with Gasteiger partial charge < -0.3 is 10.7 Å². The molecule has 0 aliphatic carbocycles. The highest BCUT2D eigenvalue weighted by Crippen LogP contribution is 2.39. The number of amides is 1. The maximum Gasteiger partial charge on any atom is 0.244 e. The van der Waals surface area contributed by atoms with Crippen LogP contribution in [0.5, 0.6) is 0 Å². The number of aromatic nitrogens is 3. The number of rotatable bonds is 6. The Morgan fingerprint density at radius 3 is 2.58 bits per heavy atom. The second-order valence-corrected chi connectivity index (χ2v) is 11.8. The van der Waals surface area contributed by atoms with Crippen molar-refractivity contribution < 1.29 is 17.8 Å². The largest absolute Gasteiger partial charge is 0.369 e. The predicted molar refractivity (Wildman–Crippen MR) is 144 cm³/mol. The lowest BCUT2D eigenvalue weighted by molar-refractivity contribution is -0.117. The molecular formula is C27H24ClN5O4S. The fourth-order valence-electron chi connectivity index (χ4n) is 5.34. The first kappa shape index (κ1) is 24.6. The zero-order valence-electron chi connectivity index (χ0n) is 20.2. The number of carbonyl (C=O) groups is 1. The summed E-state index contributed by atoms with van der Waals surface area (Å²) < 4.78 is 33.0. The molecule has 1 amide bonds. The molecule has 5 aromatic rings. The van der Waals surface area contributed by atoms with E-state index in [9.17, 15) is 13.2 Å². The number of halogens is 1. The van der Waals surface area contributed by atoms with Gasteiger partial charge in [-0.1, -0.05) is 41.9 Å². The van der Waals surface area contributed by atoms with Crippen LogP contribution in [-0.2, 0) is 21.2 Å². The molecule has 194 valence electrons. The van der Waals surface area contributed by atoms with Gasteiger partial charge in [-0.15, -0.1) is 0 Å². The maximum absolute atomic E-state index is 13.4. The normalized spacial score (nSPS) is 15.4. The van der Waals surface area contributed by atoms with Gasteiger partial charge in [-0.25, -0.2) is 13.0 Å². The van der Waals surface area contributed by atoms with Crippen LogP contribution in [0.1, 0.15) is 29.9 Å². The van der Waals surface area contributed by atoms with Crippen LogP contribution in [0.4, 0.5) is 0 Å². The molecule has 0 radical (unpaired) electrons. The standard InChI is InChI=1S/C27H24ClN5O4S/c28-25-23(7-6-22-27(25)32-37-31-22)38(35,36)33-10-8-17(9-11-33)21-15-30-26-19(14-24(29)34)12-18(13-20(21)26)16-4-2-1-3-5-16/h1-7,12-13,15,17,30H,8-11,14H2,(H2,29,34). The Kier molecular flexibility index (Phi) is 6.17. The maximum atomic E-state index is 13.4. The monoisotopic (exact) mass is 549 g/mol. The molecule has 0 saturated carbocycles. The number of hydrogen-bond acceptors (Lipinski definition) is 6. The van der Waals surface area contributed by atoms with Crippen LogP contribution in [-0.4, -0.2) is 47.0 Å². The molecule has 1 saturated heterocycles. The van der Waals surface area contributed by atoms with Crippen LogP contribution in [0.25, 0.3) is 33.1 Å². The molecule has 11 heteroatoms. The van der Waals surface area contributed by atoms with Gasteiger partial charge in [-0.05, 0) is 75.6 Å². The number of carbonyl (C=O) groups excluding carboxylic acids is 1. The molecule has 3 aromatic carbocycles. The molecule has 6 rings (SSSR count). The van der Waals surface area contributed by atoms with E-state index < -0.39 is 15.9 Å². The Labute approximate surface area is 223 Å². The van der Waals surface area contributed by atoms with E-state index in [1.54, 1.807) is 0 Å². The highest BCUT2D eigenvalue weighted by Gasteiger charge is 2.33. The summed E-state index contributed by atoms with van der Waals surface area (Å²) in [5.74, 6) is -0.259. The van der Waals surface area contributed by atoms with E-state index in [-0.39, 0.29) is 27.8 Å². The van der Waals surface area contributed by atoms with Crippen molar-refractivity contribution in [3.63, 3.8) is 0 Å². The Hall–Kier alpha value is -3.73. The first-order valence-corrected chi connectivity index (χ1v) is 14.0. The van der Waals surface area contributed by atoms with Gasteiger partial charge in [-0.3, -0.25) is 4.79 Å². The van der Waals surface area contributed by atoms with E-state index >= 15 is 0 Å². The number of hydrogen-bond donors (Lipinski definition) is 2. The molecular weight excluding hydrogens is 526 g/mol. The summed E-state index contributed by atoms with van der Waals surface area (Å²) in [5.41, 5.74) is 11.1. The van der Waals surface area contributed by atoms with Gasteiger partial charge in [-0.2, -0.15) is 4.31 Å². The fraction of sp³-hybridized carbons (Fsp3) is 0.222. The summed E-state index contributed by atoms with van der Waals surface area (Å²) in [6.07, 6.45) is 3.37. The van der Waals surface area contributed by atoms with Crippen LogP contribution in [0.2, 0.25) is 5.02 Å². The molecule has 1 fully saturated rings. The minimum Gasteiger partial charge on any atom is -0.369 e. The van der Waals surface area contributed by atoms with Crippen molar-refractivity contribution in [2.24, 2.45) is 5.73 Å². The number of aromatic amines is 1. The zero-order valence-corrected chi connectivity index (χ0v) is 21.8. The topological polar surface area (TPSA) is 135 Å². The average Bonchev–Trinajstić information content (AvgIpc) is 3.57. The third kappa shape index (κ3) is 4.24. The molecule has 0 spiro atoms. The highest BCUT2D eigenvalue weighted by atomic mass is 35.5. The number of primary amides is 1. The predicted octanol–water partition coefficient (Wildman–Crippen LogP) is 4.62. The van der Waals surface area contributed by atoms with E-state index in [0.717, 1.165) is 33.2 Å². The lowest BCUT2D eigenvalue weighted by Crippen LogP contribution is -2.38. The number of H-pyrrole nitrogens is 1. The Morgan fingerprint density at radius 1 is 1.08 bits per heavy atom. The van der Waals surface area contributed by atoms with E-state index in [1.807, 2.05) is 42.6 Å². The second kappa shape index (κ2) is 9.54. The summed E-state index contributed by atoms with van der Waals surface area (Å²) in [6.45, 7) is 0.690. The molecule has 0 atom stereocenters. The van der Waals surface area contributed by atoms with Gasteiger partial charge in [0.25, 0.3) is 0 Å². The minimum absolute atomic E-state index is 0.00323. The SMILES string of the molecule is NC(=O)Cc1cc(-c2ccccc2)cc2c(C3CCN(S(=O)(=O)c4ccc5nonc5c4Cl)CC3)c[nH]c12. The third-order valence-corrected chi connectivity index (χ3v) is 9.65. The van der Waals surface area contributed by atoms with Crippen molar-refractivity contribution >= 4 is 49.5 Å². The van der Waals surface area contributed by atoms with Crippen LogP contribution in [0.15, 0.2) is 70.3 Å². The van der Waals surface area contributed by atoms with Crippen LogP contribution >= 0.6 is 11.6 Å². The van der Waals surface area contributed by atoms with Crippen LogP contribution < -0.4 is 5.73 Å². The molecule has 1 aliphatic heterocycles. The quantitative estimate of drug-likeness (QED) is 0.317.